The molecule has 0 bridgehead atoms. The Kier molecular flexibility index (Phi) is 5.16. The molecule has 0 radical (unpaired) electrons. The van der Waals surface area contributed by atoms with Crippen molar-refractivity contribution in [3.8, 4) is 0 Å². The van der Waals surface area contributed by atoms with Gasteiger partial charge in [0.25, 0.3) is 0 Å². The Morgan fingerprint density at radius 3 is 2.61 bits per heavy atom. The van der Waals surface area contributed by atoms with Crippen LogP contribution in [0.25, 0.3) is 0 Å². The van der Waals surface area contributed by atoms with Gasteiger partial charge >= 0.3 is 0 Å². The number of nitrogen functional groups attached to an aromatic ring is 2. The normalized spacial score (nSPS) is 19.5. The average Bonchev–Trinajstić information content (AvgIpc) is 3.04. The number of pyridine rings is 1. The summed E-state index contributed by atoms with van der Waals surface area (Å²) in [6, 6.07) is 10.6. The number of halogens is 1. The molecule has 7 nitrogen and oxygen atoms in total. The average molecular weight is 454 g/mol. The predicted octanol–water partition coefficient (Wildman–Crippen LogP) is 3.26. The Balaban J connectivity index is 1.32. The third-order valence-electron chi connectivity index (χ3n) is 6.52. The van der Waals surface area contributed by atoms with Gasteiger partial charge < -0.3 is 22.1 Å². The highest BCUT2D eigenvalue weighted by molar-refractivity contribution is 7.99. The standard InChI is InChI=1S/C22H24ClN7S/c23-18-15(5-8-27-19(18)25)31-21-20(26)29-17(12-28-21)30-9-6-22(7-10-30)14-4-2-1-3-13(14)11-16(22)24/h1-5,8,12,16H,6-7,9-11,24H2,(H2,25,27)(H2,26,29). The number of nitrogens with zero attached hydrogens (tertiary/aromatic N) is 4. The van der Waals surface area contributed by atoms with Crippen molar-refractivity contribution in [1.82, 2.24) is 15.0 Å². The summed E-state index contributed by atoms with van der Waals surface area (Å²) in [5.41, 5.74) is 21.5. The lowest BCUT2D eigenvalue weighted by Crippen LogP contribution is -2.50. The monoisotopic (exact) mass is 453 g/mol. The molecule has 1 aliphatic heterocycles. The minimum atomic E-state index is 0.0554. The lowest BCUT2D eigenvalue weighted by Gasteiger charge is -2.43. The van der Waals surface area contributed by atoms with Crippen LogP contribution >= 0.6 is 23.4 Å². The van der Waals surface area contributed by atoms with Crippen molar-refractivity contribution >= 4 is 40.8 Å². The molecule has 6 N–H and O–H groups in total. The number of anilines is 3. The molecular formula is C22H24ClN7S. The number of nitrogens with two attached hydrogens (primary N) is 3. The highest BCUT2D eigenvalue weighted by Gasteiger charge is 2.46. The summed E-state index contributed by atoms with van der Waals surface area (Å²) in [5, 5.41) is 0.990. The van der Waals surface area contributed by atoms with Crippen LogP contribution in [0.2, 0.25) is 5.02 Å². The Labute approximate surface area is 190 Å². The lowest BCUT2D eigenvalue weighted by molar-refractivity contribution is 0.292. The van der Waals surface area contributed by atoms with E-state index in [1.165, 1.54) is 22.9 Å². The van der Waals surface area contributed by atoms with Crippen LogP contribution in [0, 0.1) is 0 Å². The minimum absolute atomic E-state index is 0.0554. The maximum atomic E-state index is 6.63. The molecule has 1 aromatic carbocycles. The van der Waals surface area contributed by atoms with Crippen molar-refractivity contribution in [2.75, 3.05) is 29.5 Å². The molecule has 9 heteroatoms. The van der Waals surface area contributed by atoms with Gasteiger partial charge in [0, 0.05) is 35.6 Å². The van der Waals surface area contributed by atoms with E-state index in [0.717, 1.165) is 43.1 Å². The molecule has 3 aromatic rings. The summed E-state index contributed by atoms with van der Waals surface area (Å²) in [5.74, 6) is 1.44. The number of aromatic nitrogens is 3. The second kappa shape index (κ2) is 7.85. The van der Waals surface area contributed by atoms with E-state index in [-0.39, 0.29) is 17.3 Å². The Hall–Kier alpha value is -2.55. The number of hydrogen-bond donors (Lipinski definition) is 3. The van der Waals surface area contributed by atoms with E-state index in [1.54, 1.807) is 18.5 Å². The van der Waals surface area contributed by atoms with Gasteiger partial charge in [-0.05, 0) is 36.5 Å². The number of rotatable bonds is 3. The Morgan fingerprint density at radius 2 is 1.84 bits per heavy atom. The zero-order valence-corrected chi connectivity index (χ0v) is 18.5. The summed E-state index contributed by atoms with van der Waals surface area (Å²) in [6.45, 7) is 1.74. The molecule has 31 heavy (non-hydrogen) atoms. The van der Waals surface area contributed by atoms with E-state index < -0.39 is 0 Å². The van der Waals surface area contributed by atoms with Crippen LogP contribution in [0.5, 0.6) is 0 Å². The van der Waals surface area contributed by atoms with Crippen LogP contribution in [-0.4, -0.2) is 34.1 Å². The van der Waals surface area contributed by atoms with Gasteiger partial charge in [-0.3, -0.25) is 0 Å². The highest BCUT2D eigenvalue weighted by atomic mass is 35.5. The molecular weight excluding hydrogens is 430 g/mol. The zero-order valence-electron chi connectivity index (χ0n) is 17.0. The third kappa shape index (κ3) is 3.48. The molecule has 0 saturated carbocycles. The van der Waals surface area contributed by atoms with E-state index in [9.17, 15) is 0 Å². The number of benzene rings is 1. The minimum Gasteiger partial charge on any atom is -0.382 e. The van der Waals surface area contributed by atoms with Gasteiger partial charge in [0.15, 0.2) is 5.82 Å². The maximum absolute atomic E-state index is 6.63. The van der Waals surface area contributed by atoms with E-state index >= 15 is 0 Å². The van der Waals surface area contributed by atoms with Gasteiger partial charge in [-0.2, -0.15) is 0 Å². The largest absolute Gasteiger partial charge is 0.382 e. The van der Waals surface area contributed by atoms with Gasteiger partial charge in [-0.25, -0.2) is 15.0 Å². The SMILES string of the molecule is Nc1nc(N2CCC3(CC2)c2ccccc2CC3N)cnc1Sc1ccnc(N)c1Cl. The fraction of sp³-hybridized carbons (Fsp3) is 0.318. The topological polar surface area (TPSA) is 120 Å². The quantitative estimate of drug-likeness (QED) is 0.552. The van der Waals surface area contributed by atoms with Gasteiger partial charge in [0.2, 0.25) is 0 Å². The van der Waals surface area contributed by atoms with E-state index in [1.807, 2.05) is 0 Å². The van der Waals surface area contributed by atoms with Crippen LogP contribution in [-0.2, 0) is 11.8 Å². The fourth-order valence-electron chi connectivity index (χ4n) is 4.83. The molecule has 1 spiro atoms. The van der Waals surface area contributed by atoms with E-state index in [0.29, 0.717) is 15.9 Å². The summed E-state index contributed by atoms with van der Waals surface area (Å²) < 4.78 is 0. The molecule has 1 atom stereocenters. The van der Waals surface area contributed by atoms with Crippen LogP contribution in [0.3, 0.4) is 0 Å². The summed E-state index contributed by atoms with van der Waals surface area (Å²) in [6.07, 6.45) is 6.33. The van der Waals surface area contributed by atoms with Crippen molar-refractivity contribution in [2.45, 2.75) is 40.6 Å². The number of fused-ring (bicyclic) bond motifs is 2. The first-order valence-electron chi connectivity index (χ1n) is 10.3. The molecule has 1 saturated heterocycles. The maximum Gasteiger partial charge on any atom is 0.158 e. The van der Waals surface area contributed by atoms with Gasteiger partial charge in [-0.15, -0.1) is 0 Å². The van der Waals surface area contributed by atoms with Gasteiger partial charge in [0.1, 0.15) is 16.7 Å². The molecule has 1 aliphatic carbocycles. The van der Waals surface area contributed by atoms with Crippen molar-refractivity contribution in [1.29, 1.82) is 0 Å². The Morgan fingerprint density at radius 1 is 1.06 bits per heavy atom. The first kappa shape index (κ1) is 20.4. The first-order chi connectivity index (χ1) is 15.0. The summed E-state index contributed by atoms with van der Waals surface area (Å²) >= 11 is 7.57. The lowest BCUT2D eigenvalue weighted by atomic mass is 9.71. The third-order valence-corrected chi connectivity index (χ3v) is 8.10. The van der Waals surface area contributed by atoms with Crippen molar-refractivity contribution in [3.63, 3.8) is 0 Å². The van der Waals surface area contributed by atoms with Crippen molar-refractivity contribution in [2.24, 2.45) is 5.73 Å². The smallest absolute Gasteiger partial charge is 0.158 e. The number of hydrogen-bond acceptors (Lipinski definition) is 8. The predicted molar refractivity (Wildman–Crippen MR) is 125 cm³/mol. The molecule has 5 rings (SSSR count). The molecule has 1 unspecified atom stereocenters. The second-order valence-electron chi connectivity index (χ2n) is 8.14. The van der Waals surface area contributed by atoms with Crippen molar-refractivity contribution in [3.05, 3.63) is 58.9 Å². The molecule has 0 amide bonds. The van der Waals surface area contributed by atoms with Gasteiger partial charge in [-0.1, -0.05) is 47.6 Å². The Bertz CT molecular complexity index is 1130. The second-order valence-corrected chi connectivity index (χ2v) is 9.55. The molecule has 3 heterocycles. The van der Waals surface area contributed by atoms with Gasteiger partial charge in [0.05, 0.1) is 11.2 Å². The molecule has 2 aromatic heterocycles. The van der Waals surface area contributed by atoms with E-state index in [2.05, 4.69) is 44.1 Å². The summed E-state index contributed by atoms with van der Waals surface area (Å²) in [7, 11) is 0. The highest BCUT2D eigenvalue weighted by Crippen LogP contribution is 2.46. The van der Waals surface area contributed by atoms with Crippen LogP contribution in [0.4, 0.5) is 17.5 Å². The first-order valence-corrected chi connectivity index (χ1v) is 11.5. The zero-order chi connectivity index (χ0) is 21.6. The molecule has 160 valence electrons. The van der Waals surface area contributed by atoms with Crippen LogP contribution in [0.1, 0.15) is 24.0 Å². The van der Waals surface area contributed by atoms with E-state index in [4.69, 9.17) is 28.8 Å². The molecule has 1 fully saturated rings. The fourth-order valence-corrected chi connectivity index (χ4v) is 5.84. The van der Waals surface area contributed by atoms with Crippen molar-refractivity contribution < 1.29 is 0 Å². The van der Waals surface area contributed by atoms with Crippen LogP contribution < -0.4 is 22.1 Å². The number of piperidine rings is 1. The summed E-state index contributed by atoms with van der Waals surface area (Å²) in [4.78, 5) is 16.1. The van der Waals surface area contributed by atoms with Crippen LogP contribution in [0.15, 0.2) is 52.6 Å². The molecule has 2 aliphatic rings.